The minimum absolute atomic E-state index is 0.113. The summed E-state index contributed by atoms with van der Waals surface area (Å²) in [4.78, 5) is 40.9. The first-order chi connectivity index (χ1) is 16.5. The van der Waals surface area contributed by atoms with Crippen molar-refractivity contribution in [1.29, 1.82) is 0 Å². The van der Waals surface area contributed by atoms with Crippen molar-refractivity contribution in [3.8, 4) is 5.69 Å². The molecule has 0 spiro atoms. The fourth-order valence-electron chi connectivity index (χ4n) is 3.10. The molecule has 0 aliphatic rings. The average Bonchev–Trinajstić information content (AvgIpc) is 3.32. The Kier molecular flexibility index (Phi) is 9.28. The Bertz CT molecular complexity index is 1130. The van der Waals surface area contributed by atoms with Gasteiger partial charge in [-0.15, -0.1) is 0 Å². The van der Waals surface area contributed by atoms with Crippen LogP contribution in [-0.2, 0) is 9.53 Å². The molecule has 2 aromatic carbocycles. The third kappa shape index (κ3) is 6.95. The third-order valence-electron chi connectivity index (χ3n) is 4.82. The largest absolute Gasteiger partial charge is 0.462 e. The second-order valence-corrected chi connectivity index (χ2v) is 8.32. The topological polar surface area (TPSA) is 102 Å². The zero-order valence-corrected chi connectivity index (χ0v) is 20.1. The Morgan fingerprint density at radius 1 is 1.06 bits per heavy atom. The fraction of sp³-hybridized carbons (Fsp3) is 0.280. The Labute approximate surface area is 203 Å². The van der Waals surface area contributed by atoms with E-state index >= 15 is 0 Å². The van der Waals surface area contributed by atoms with Crippen LogP contribution in [0, 0.1) is 0 Å². The van der Waals surface area contributed by atoms with Crippen molar-refractivity contribution in [2.45, 2.75) is 31.8 Å². The average molecular weight is 481 g/mol. The van der Waals surface area contributed by atoms with Gasteiger partial charge in [-0.3, -0.25) is 14.2 Å². The van der Waals surface area contributed by atoms with Crippen LogP contribution in [0.2, 0.25) is 0 Å². The van der Waals surface area contributed by atoms with E-state index in [2.05, 4.69) is 22.5 Å². The molecule has 0 aliphatic carbocycles. The highest BCUT2D eigenvalue weighted by atomic mass is 32.2. The van der Waals surface area contributed by atoms with Crippen molar-refractivity contribution in [2.75, 3.05) is 24.2 Å². The molecule has 1 aromatic heterocycles. The number of rotatable bonds is 11. The summed E-state index contributed by atoms with van der Waals surface area (Å²) < 4.78 is 6.80. The molecule has 34 heavy (non-hydrogen) atoms. The third-order valence-corrected chi connectivity index (χ3v) is 5.79. The molecule has 178 valence electrons. The van der Waals surface area contributed by atoms with E-state index in [0.717, 1.165) is 18.5 Å². The summed E-state index contributed by atoms with van der Waals surface area (Å²) in [6.45, 7) is 4.78. The van der Waals surface area contributed by atoms with Crippen molar-refractivity contribution in [3.63, 3.8) is 0 Å². The molecule has 0 saturated carbocycles. The first-order valence-electron chi connectivity index (χ1n) is 11.1. The number of aromatic nitrogens is 2. The standard InChI is InChI=1S/C25H28N4O4S/c1-3-5-13-26-23(31)19-7-6-8-21(16-19)29-15-14-27-25(29)34-17-22(30)28-20-11-9-18(10-12-20)24(32)33-4-2/h6-12,14-16H,3-5,13,17H2,1-2H3,(H,26,31)(H,28,30). The molecular weight excluding hydrogens is 452 g/mol. The molecule has 1 heterocycles. The quantitative estimate of drug-likeness (QED) is 0.241. The predicted octanol–water partition coefficient (Wildman–Crippen LogP) is 4.31. The Hall–Kier alpha value is -3.59. The SMILES string of the molecule is CCCCNC(=O)c1cccc(-n2ccnc2SCC(=O)Nc2ccc(C(=O)OCC)cc2)c1. The number of hydrogen-bond donors (Lipinski definition) is 2. The molecule has 0 atom stereocenters. The van der Waals surface area contributed by atoms with Gasteiger partial charge in [0.25, 0.3) is 5.91 Å². The number of carbonyl (C=O) groups is 3. The number of amides is 2. The fourth-order valence-corrected chi connectivity index (χ4v) is 3.88. The Balaban J connectivity index is 1.59. The summed E-state index contributed by atoms with van der Waals surface area (Å²) in [6.07, 6.45) is 5.40. The van der Waals surface area contributed by atoms with E-state index in [1.54, 1.807) is 55.7 Å². The van der Waals surface area contributed by atoms with Crippen molar-refractivity contribution < 1.29 is 19.1 Å². The number of esters is 1. The lowest BCUT2D eigenvalue weighted by Crippen LogP contribution is -2.24. The van der Waals surface area contributed by atoms with Crippen molar-refractivity contribution in [2.24, 2.45) is 0 Å². The number of thioether (sulfide) groups is 1. The number of anilines is 1. The Morgan fingerprint density at radius 3 is 2.59 bits per heavy atom. The maximum absolute atomic E-state index is 12.4. The molecule has 0 radical (unpaired) electrons. The van der Waals surface area contributed by atoms with Gasteiger partial charge in [-0.1, -0.05) is 31.2 Å². The lowest BCUT2D eigenvalue weighted by molar-refractivity contribution is -0.113. The number of unbranched alkanes of at least 4 members (excludes halogenated alkanes) is 1. The van der Waals surface area contributed by atoms with E-state index < -0.39 is 5.97 Å². The molecule has 3 rings (SSSR count). The highest BCUT2D eigenvalue weighted by molar-refractivity contribution is 7.99. The van der Waals surface area contributed by atoms with Crippen LogP contribution in [0.1, 0.15) is 47.4 Å². The molecule has 0 unspecified atom stereocenters. The highest BCUT2D eigenvalue weighted by Gasteiger charge is 2.12. The smallest absolute Gasteiger partial charge is 0.338 e. The van der Waals surface area contributed by atoms with Gasteiger partial charge in [0, 0.05) is 35.9 Å². The van der Waals surface area contributed by atoms with Gasteiger partial charge in [0.2, 0.25) is 5.91 Å². The summed E-state index contributed by atoms with van der Waals surface area (Å²) in [6, 6.07) is 13.8. The number of ether oxygens (including phenoxy) is 1. The van der Waals surface area contributed by atoms with Gasteiger partial charge in [-0.25, -0.2) is 9.78 Å². The molecule has 0 fully saturated rings. The highest BCUT2D eigenvalue weighted by Crippen LogP contribution is 2.22. The minimum Gasteiger partial charge on any atom is -0.462 e. The van der Waals surface area contributed by atoms with Gasteiger partial charge in [0.15, 0.2) is 5.16 Å². The number of nitrogens with zero attached hydrogens (tertiary/aromatic N) is 2. The van der Waals surface area contributed by atoms with E-state index in [-0.39, 0.29) is 17.6 Å². The summed E-state index contributed by atoms with van der Waals surface area (Å²) in [5.74, 6) is -0.566. The molecule has 2 N–H and O–H groups in total. The first-order valence-corrected chi connectivity index (χ1v) is 12.1. The second-order valence-electron chi connectivity index (χ2n) is 7.37. The number of nitrogens with one attached hydrogen (secondary N) is 2. The minimum atomic E-state index is -0.398. The number of hydrogen-bond acceptors (Lipinski definition) is 6. The molecule has 8 nitrogen and oxygen atoms in total. The summed E-state index contributed by atoms with van der Waals surface area (Å²) in [5.41, 5.74) is 2.38. The zero-order chi connectivity index (χ0) is 24.3. The molecular formula is C25H28N4O4S. The molecule has 0 aliphatic heterocycles. The lowest BCUT2D eigenvalue weighted by atomic mass is 10.2. The van der Waals surface area contributed by atoms with Gasteiger partial charge in [0.1, 0.15) is 0 Å². The van der Waals surface area contributed by atoms with Gasteiger partial charge in [0.05, 0.1) is 17.9 Å². The zero-order valence-electron chi connectivity index (χ0n) is 19.2. The van der Waals surface area contributed by atoms with E-state index in [4.69, 9.17) is 4.74 Å². The van der Waals surface area contributed by atoms with Crippen LogP contribution in [-0.4, -0.2) is 46.2 Å². The molecule has 0 bridgehead atoms. The maximum Gasteiger partial charge on any atom is 0.338 e. The molecule has 3 aromatic rings. The number of imidazole rings is 1. The van der Waals surface area contributed by atoms with Crippen LogP contribution in [0.5, 0.6) is 0 Å². The van der Waals surface area contributed by atoms with Crippen LogP contribution >= 0.6 is 11.8 Å². The van der Waals surface area contributed by atoms with Gasteiger partial charge < -0.3 is 15.4 Å². The van der Waals surface area contributed by atoms with E-state index in [1.807, 2.05) is 16.7 Å². The monoisotopic (exact) mass is 480 g/mol. The van der Waals surface area contributed by atoms with E-state index in [1.165, 1.54) is 11.8 Å². The van der Waals surface area contributed by atoms with Gasteiger partial charge in [-0.05, 0) is 55.8 Å². The van der Waals surface area contributed by atoms with Crippen LogP contribution in [0.15, 0.2) is 66.1 Å². The lowest BCUT2D eigenvalue weighted by Gasteiger charge is -2.10. The summed E-state index contributed by atoms with van der Waals surface area (Å²) in [7, 11) is 0. The predicted molar refractivity (Wildman–Crippen MR) is 133 cm³/mol. The molecule has 0 saturated heterocycles. The van der Waals surface area contributed by atoms with Crippen LogP contribution in [0.4, 0.5) is 5.69 Å². The molecule has 9 heteroatoms. The molecule has 2 amide bonds. The first kappa shape index (κ1) is 25.0. The van der Waals surface area contributed by atoms with E-state index in [9.17, 15) is 14.4 Å². The van der Waals surface area contributed by atoms with Crippen LogP contribution < -0.4 is 10.6 Å². The van der Waals surface area contributed by atoms with Crippen molar-refractivity contribution in [3.05, 3.63) is 72.1 Å². The number of carbonyl (C=O) groups excluding carboxylic acids is 3. The van der Waals surface area contributed by atoms with Crippen molar-refractivity contribution in [1.82, 2.24) is 14.9 Å². The normalized spacial score (nSPS) is 10.5. The van der Waals surface area contributed by atoms with E-state index in [0.29, 0.717) is 35.1 Å². The second kappa shape index (κ2) is 12.6. The summed E-state index contributed by atoms with van der Waals surface area (Å²) in [5, 5.41) is 6.36. The van der Waals surface area contributed by atoms with Gasteiger partial charge >= 0.3 is 5.97 Å². The van der Waals surface area contributed by atoms with Gasteiger partial charge in [-0.2, -0.15) is 0 Å². The van der Waals surface area contributed by atoms with Crippen LogP contribution in [0.25, 0.3) is 5.69 Å². The Morgan fingerprint density at radius 2 is 1.85 bits per heavy atom. The maximum atomic E-state index is 12.4. The van der Waals surface area contributed by atoms with Crippen LogP contribution in [0.3, 0.4) is 0 Å². The summed E-state index contributed by atoms with van der Waals surface area (Å²) >= 11 is 1.29. The number of benzene rings is 2. The van der Waals surface area contributed by atoms with Crippen molar-refractivity contribution >= 4 is 35.2 Å².